The van der Waals surface area contributed by atoms with Crippen molar-refractivity contribution in [3.8, 4) is 28.3 Å². The second kappa shape index (κ2) is 5.82. The summed E-state index contributed by atoms with van der Waals surface area (Å²) in [6, 6.07) is 15.2. The van der Waals surface area contributed by atoms with Crippen LogP contribution >= 0.6 is 0 Å². The third kappa shape index (κ3) is 2.60. The van der Waals surface area contributed by atoms with Crippen LogP contribution in [0.15, 0.2) is 48.7 Å². The smallest absolute Gasteiger partial charge is 0.166 e. The Kier molecular flexibility index (Phi) is 3.70. The van der Waals surface area contributed by atoms with Gasteiger partial charge < -0.3 is 10.7 Å². The zero-order chi connectivity index (χ0) is 16.4. The Bertz CT molecular complexity index is 915. The second-order valence-electron chi connectivity index (χ2n) is 5.37. The first-order chi connectivity index (χ1) is 11.1. The van der Waals surface area contributed by atoms with Gasteiger partial charge in [-0.1, -0.05) is 18.2 Å². The van der Waals surface area contributed by atoms with Gasteiger partial charge in [0.05, 0.1) is 17.3 Å². The molecule has 23 heavy (non-hydrogen) atoms. The van der Waals surface area contributed by atoms with Gasteiger partial charge in [0.2, 0.25) is 0 Å². The van der Waals surface area contributed by atoms with Crippen LogP contribution in [0.5, 0.6) is 0 Å². The highest BCUT2D eigenvalue weighted by molar-refractivity contribution is 5.92. The fourth-order valence-corrected chi connectivity index (χ4v) is 2.68. The Morgan fingerprint density at radius 2 is 1.83 bits per heavy atom. The van der Waals surface area contributed by atoms with Crippen molar-refractivity contribution in [3.05, 3.63) is 65.5 Å². The van der Waals surface area contributed by atoms with Gasteiger partial charge in [-0.2, -0.15) is 5.26 Å². The first-order valence-corrected chi connectivity index (χ1v) is 7.17. The van der Waals surface area contributed by atoms with Crippen molar-refractivity contribution in [2.24, 2.45) is 0 Å². The number of nitrogens with zero attached hydrogens (tertiary/aromatic N) is 1. The van der Waals surface area contributed by atoms with E-state index in [9.17, 15) is 4.79 Å². The van der Waals surface area contributed by atoms with Gasteiger partial charge in [0.1, 0.15) is 0 Å². The molecule has 1 heterocycles. The van der Waals surface area contributed by atoms with E-state index in [4.69, 9.17) is 11.0 Å². The summed E-state index contributed by atoms with van der Waals surface area (Å²) in [5, 5.41) is 8.89. The van der Waals surface area contributed by atoms with Crippen LogP contribution < -0.4 is 5.73 Å². The summed E-state index contributed by atoms with van der Waals surface area (Å²) >= 11 is 0. The number of carbonyl (C=O) groups excluding carboxylic acids is 1. The van der Waals surface area contributed by atoms with Crippen LogP contribution in [0.3, 0.4) is 0 Å². The van der Waals surface area contributed by atoms with E-state index in [2.05, 4.69) is 11.1 Å². The average molecular weight is 301 g/mol. The van der Waals surface area contributed by atoms with E-state index >= 15 is 0 Å². The topological polar surface area (TPSA) is 82.7 Å². The number of nitriles is 1. The number of H-pyrrole nitrogens is 1. The molecular weight excluding hydrogens is 286 g/mol. The number of rotatable bonds is 3. The van der Waals surface area contributed by atoms with E-state index in [1.54, 1.807) is 18.3 Å². The summed E-state index contributed by atoms with van der Waals surface area (Å²) < 4.78 is 0. The quantitative estimate of drug-likeness (QED) is 0.568. The lowest BCUT2D eigenvalue weighted by Crippen LogP contribution is -1.94. The van der Waals surface area contributed by atoms with Crippen LogP contribution in [0.25, 0.3) is 22.3 Å². The van der Waals surface area contributed by atoms with Gasteiger partial charge in [-0.15, -0.1) is 0 Å². The molecule has 0 saturated heterocycles. The SMILES string of the molecule is Cc1c[nH]c(C=O)c1-c1cc(-c2ccc(C#N)cc2)ccc1N. The Morgan fingerprint density at radius 1 is 1.13 bits per heavy atom. The maximum atomic E-state index is 11.2. The molecule has 4 heteroatoms. The molecule has 2 aromatic carbocycles. The molecule has 3 N–H and O–H groups in total. The fourth-order valence-electron chi connectivity index (χ4n) is 2.68. The molecule has 0 unspecified atom stereocenters. The number of hydrogen-bond donors (Lipinski definition) is 2. The van der Waals surface area contributed by atoms with E-state index in [0.29, 0.717) is 16.9 Å². The molecular formula is C19H15N3O. The summed E-state index contributed by atoms with van der Waals surface area (Å²) in [5.41, 5.74) is 12.5. The Balaban J connectivity index is 2.14. The molecule has 3 aromatic rings. The van der Waals surface area contributed by atoms with Crippen LogP contribution in [-0.4, -0.2) is 11.3 Å². The van der Waals surface area contributed by atoms with Crippen molar-refractivity contribution in [2.75, 3.05) is 5.73 Å². The molecule has 0 bridgehead atoms. The fraction of sp³-hybridized carbons (Fsp3) is 0.0526. The molecule has 0 amide bonds. The number of aldehydes is 1. The van der Waals surface area contributed by atoms with Crippen molar-refractivity contribution in [1.82, 2.24) is 4.98 Å². The van der Waals surface area contributed by atoms with Gasteiger partial charge >= 0.3 is 0 Å². The van der Waals surface area contributed by atoms with Gasteiger partial charge in [0, 0.05) is 23.0 Å². The summed E-state index contributed by atoms with van der Waals surface area (Å²) in [7, 11) is 0. The number of nitrogens with two attached hydrogens (primary N) is 1. The number of aromatic nitrogens is 1. The number of aromatic amines is 1. The van der Waals surface area contributed by atoms with Crippen LogP contribution in [0.4, 0.5) is 5.69 Å². The van der Waals surface area contributed by atoms with Crippen molar-refractivity contribution in [2.45, 2.75) is 6.92 Å². The highest BCUT2D eigenvalue weighted by atomic mass is 16.1. The number of carbonyl (C=O) groups is 1. The lowest BCUT2D eigenvalue weighted by atomic mass is 9.95. The predicted molar refractivity (Wildman–Crippen MR) is 90.9 cm³/mol. The number of benzene rings is 2. The summed E-state index contributed by atoms with van der Waals surface area (Å²) in [4.78, 5) is 14.2. The van der Waals surface area contributed by atoms with Crippen LogP contribution in [0.2, 0.25) is 0 Å². The van der Waals surface area contributed by atoms with Crippen molar-refractivity contribution in [1.29, 1.82) is 5.26 Å². The predicted octanol–water partition coefficient (Wildman–Crippen LogP) is 3.92. The van der Waals surface area contributed by atoms with Crippen LogP contribution in [-0.2, 0) is 0 Å². The number of nitrogen functional groups attached to an aromatic ring is 1. The lowest BCUT2D eigenvalue weighted by Gasteiger charge is -2.10. The van der Waals surface area contributed by atoms with E-state index < -0.39 is 0 Å². The first kappa shape index (κ1) is 14.6. The van der Waals surface area contributed by atoms with Gasteiger partial charge in [-0.05, 0) is 47.9 Å². The number of nitrogens with one attached hydrogen (secondary N) is 1. The molecule has 112 valence electrons. The van der Waals surface area contributed by atoms with Crippen molar-refractivity contribution >= 4 is 12.0 Å². The molecule has 0 atom stereocenters. The van der Waals surface area contributed by atoms with E-state index in [-0.39, 0.29) is 0 Å². The second-order valence-corrected chi connectivity index (χ2v) is 5.37. The Morgan fingerprint density at radius 3 is 2.48 bits per heavy atom. The Labute approximate surface area is 134 Å². The van der Waals surface area contributed by atoms with Gasteiger partial charge in [-0.25, -0.2) is 0 Å². The maximum Gasteiger partial charge on any atom is 0.166 e. The third-order valence-electron chi connectivity index (χ3n) is 3.90. The third-order valence-corrected chi connectivity index (χ3v) is 3.90. The molecule has 0 aliphatic rings. The zero-order valence-electron chi connectivity index (χ0n) is 12.6. The number of hydrogen-bond acceptors (Lipinski definition) is 3. The molecule has 4 nitrogen and oxygen atoms in total. The van der Waals surface area contributed by atoms with Gasteiger partial charge in [0.25, 0.3) is 0 Å². The van der Waals surface area contributed by atoms with Crippen molar-refractivity contribution in [3.63, 3.8) is 0 Å². The standard InChI is InChI=1S/C19H15N3O/c1-12-10-22-18(11-23)19(12)16-8-15(6-7-17(16)21)14-4-2-13(9-20)3-5-14/h2-8,10-11,22H,21H2,1H3. The highest BCUT2D eigenvalue weighted by Crippen LogP contribution is 2.34. The minimum absolute atomic E-state index is 0.520. The molecule has 0 aliphatic heterocycles. The van der Waals surface area contributed by atoms with E-state index in [1.807, 2.05) is 37.3 Å². The molecule has 0 aliphatic carbocycles. The zero-order valence-corrected chi connectivity index (χ0v) is 12.6. The Hall–Kier alpha value is -3.32. The van der Waals surface area contributed by atoms with Crippen LogP contribution in [0.1, 0.15) is 21.6 Å². The summed E-state index contributed by atoms with van der Waals surface area (Å²) in [6.07, 6.45) is 2.60. The van der Waals surface area contributed by atoms with Gasteiger partial charge in [-0.3, -0.25) is 4.79 Å². The largest absolute Gasteiger partial charge is 0.398 e. The molecule has 0 saturated carbocycles. The lowest BCUT2D eigenvalue weighted by molar-refractivity contribution is 0.112. The normalized spacial score (nSPS) is 10.3. The van der Waals surface area contributed by atoms with Crippen LogP contribution in [0, 0.1) is 18.3 Å². The minimum Gasteiger partial charge on any atom is -0.398 e. The first-order valence-electron chi connectivity index (χ1n) is 7.17. The maximum absolute atomic E-state index is 11.2. The highest BCUT2D eigenvalue weighted by Gasteiger charge is 2.14. The number of aryl methyl sites for hydroxylation is 1. The molecule has 0 spiro atoms. The van der Waals surface area contributed by atoms with Gasteiger partial charge in [0.15, 0.2) is 6.29 Å². The molecule has 1 aromatic heterocycles. The monoisotopic (exact) mass is 301 g/mol. The van der Waals surface area contributed by atoms with E-state index in [0.717, 1.165) is 34.1 Å². The van der Waals surface area contributed by atoms with E-state index in [1.165, 1.54) is 0 Å². The minimum atomic E-state index is 0.520. The molecule has 0 radical (unpaired) electrons. The summed E-state index contributed by atoms with van der Waals surface area (Å²) in [6.45, 7) is 1.94. The van der Waals surface area contributed by atoms with Crippen molar-refractivity contribution < 1.29 is 4.79 Å². The summed E-state index contributed by atoms with van der Waals surface area (Å²) in [5.74, 6) is 0. The average Bonchev–Trinajstić information content (AvgIpc) is 2.96. The molecule has 3 rings (SSSR count). The molecule has 0 fully saturated rings. The number of anilines is 1.